The summed E-state index contributed by atoms with van der Waals surface area (Å²) in [7, 11) is -0.139. The highest BCUT2D eigenvalue weighted by Crippen LogP contribution is 2.43. The minimum atomic E-state index is -1.65. The molecular weight excluding hydrogens is 404 g/mol. The summed E-state index contributed by atoms with van der Waals surface area (Å²) in [6.45, 7) is 10.2. The van der Waals surface area contributed by atoms with Gasteiger partial charge in [-0.15, -0.1) is 5.54 Å². The molecule has 2 aromatic heterocycles. The number of nitrogens with one attached hydrogen (secondary N) is 1. The third-order valence-electron chi connectivity index (χ3n) is 5.10. The van der Waals surface area contributed by atoms with Crippen LogP contribution in [0.1, 0.15) is 25.6 Å². The second-order valence-electron chi connectivity index (χ2n) is 8.45. The number of aromatic nitrogens is 3. The van der Waals surface area contributed by atoms with E-state index in [1.54, 1.807) is 11.5 Å². The Balaban J connectivity index is 2.21. The van der Waals surface area contributed by atoms with E-state index in [9.17, 15) is 10.2 Å². The van der Waals surface area contributed by atoms with Crippen molar-refractivity contribution in [2.75, 3.05) is 25.8 Å². The number of fused-ring (bicyclic) bond motifs is 1. The first-order valence-electron chi connectivity index (χ1n) is 9.92. The molecular formula is C20H30N4O5Si. The predicted octanol–water partition coefficient (Wildman–Crippen LogP) is 1.68. The van der Waals surface area contributed by atoms with Gasteiger partial charge >= 0.3 is 0 Å². The van der Waals surface area contributed by atoms with Gasteiger partial charge in [-0.25, -0.2) is 15.4 Å². The molecule has 3 rings (SSSR count). The Morgan fingerprint density at radius 1 is 1.37 bits per heavy atom. The van der Waals surface area contributed by atoms with Crippen LogP contribution in [0.4, 0.5) is 5.82 Å². The fraction of sp³-hybridized carbons (Fsp3) is 0.600. The van der Waals surface area contributed by atoms with Crippen molar-refractivity contribution in [1.29, 1.82) is 0 Å². The Kier molecular flexibility index (Phi) is 6.52. The lowest BCUT2D eigenvalue weighted by molar-refractivity contribution is -0.118. The number of hydrogen-bond acceptors (Lipinski definition) is 8. The maximum atomic E-state index is 10.7. The van der Waals surface area contributed by atoms with Crippen molar-refractivity contribution < 1.29 is 24.5 Å². The van der Waals surface area contributed by atoms with Crippen molar-refractivity contribution in [3.8, 4) is 11.5 Å². The van der Waals surface area contributed by atoms with Gasteiger partial charge in [-0.2, -0.15) is 0 Å². The van der Waals surface area contributed by atoms with Gasteiger partial charge in [-0.3, -0.25) is 4.84 Å². The lowest BCUT2D eigenvalue weighted by Gasteiger charge is -2.31. The Morgan fingerprint density at radius 2 is 2.10 bits per heavy atom. The molecule has 0 amide bonds. The van der Waals surface area contributed by atoms with Crippen LogP contribution in [0.15, 0.2) is 12.5 Å². The van der Waals surface area contributed by atoms with Crippen LogP contribution in [-0.4, -0.2) is 71.0 Å². The number of nitrogens with zero attached hydrogens (tertiary/aromatic N) is 3. The summed E-state index contributed by atoms with van der Waals surface area (Å²) in [5.74, 6) is 3.77. The first kappa shape index (κ1) is 22.7. The molecule has 0 radical (unpaired) electrons. The average molecular weight is 435 g/mol. The number of aliphatic hydroxyl groups excluding tert-OH is 2. The first-order chi connectivity index (χ1) is 14.2. The highest BCUT2D eigenvalue weighted by molar-refractivity contribution is 6.83. The Labute approximate surface area is 177 Å². The number of ether oxygens (including phenoxy) is 2. The first-order valence-corrected chi connectivity index (χ1v) is 13.4. The second-order valence-corrected chi connectivity index (χ2v) is 13.2. The standard InChI is InChI=1S/C20H30N4O5Si/c1-7-28-23-17-15-13(8-9-30(4,5)6)10-24(18(15)22-12-21-17)19-20(2,27-3)16(26)14(11-25)29-19/h10,12,14,16,19,25-26H,7,11H2,1-6H3,(H,21,22,23)/t14?,16?,19-,20-/m1/s1. The van der Waals surface area contributed by atoms with Gasteiger partial charge in [0.2, 0.25) is 0 Å². The largest absolute Gasteiger partial charge is 0.394 e. The highest BCUT2D eigenvalue weighted by Gasteiger charge is 2.54. The monoisotopic (exact) mass is 434 g/mol. The molecule has 1 aliphatic heterocycles. The third-order valence-corrected chi connectivity index (χ3v) is 5.98. The topological polar surface area (TPSA) is 111 Å². The van der Waals surface area contributed by atoms with Crippen LogP contribution in [0.2, 0.25) is 19.6 Å². The molecule has 9 nitrogen and oxygen atoms in total. The van der Waals surface area contributed by atoms with Gasteiger partial charge < -0.3 is 24.3 Å². The van der Waals surface area contributed by atoms with Crippen molar-refractivity contribution in [3.63, 3.8) is 0 Å². The molecule has 1 fully saturated rings. The van der Waals surface area contributed by atoms with E-state index in [1.165, 1.54) is 13.4 Å². The lowest BCUT2D eigenvalue weighted by atomic mass is 9.96. The van der Waals surface area contributed by atoms with E-state index in [4.69, 9.17) is 14.3 Å². The van der Waals surface area contributed by atoms with Crippen LogP contribution >= 0.6 is 0 Å². The van der Waals surface area contributed by atoms with Crippen molar-refractivity contribution in [1.82, 2.24) is 14.5 Å². The van der Waals surface area contributed by atoms with Crippen molar-refractivity contribution in [2.24, 2.45) is 0 Å². The maximum Gasteiger partial charge on any atom is 0.167 e. The van der Waals surface area contributed by atoms with Gasteiger partial charge in [0.15, 0.2) is 12.0 Å². The number of rotatable bonds is 6. The second kappa shape index (κ2) is 8.62. The van der Waals surface area contributed by atoms with E-state index in [0.717, 1.165) is 5.56 Å². The zero-order valence-electron chi connectivity index (χ0n) is 18.3. The van der Waals surface area contributed by atoms with Crippen LogP contribution in [0.25, 0.3) is 11.0 Å². The van der Waals surface area contributed by atoms with Gasteiger partial charge in [0.1, 0.15) is 37.9 Å². The minimum absolute atomic E-state index is 0.329. The molecule has 4 atom stereocenters. The zero-order valence-corrected chi connectivity index (χ0v) is 19.3. The minimum Gasteiger partial charge on any atom is -0.394 e. The summed E-state index contributed by atoms with van der Waals surface area (Å²) in [4.78, 5) is 14.1. The summed E-state index contributed by atoms with van der Waals surface area (Å²) < 4.78 is 13.4. The van der Waals surface area contributed by atoms with Crippen LogP contribution in [0, 0.1) is 11.5 Å². The zero-order chi connectivity index (χ0) is 22.1. The number of anilines is 1. The SMILES string of the molecule is CCONc1ncnc2c1c(C#C[Si](C)(C)C)cn2[C@@H]1OC(CO)C(O)[C@@]1(C)OC. The highest BCUT2D eigenvalue weighted by atomic mass is 28.3. The van der Waals surface area contributed by atoms with Crippen LogP contribution < -0.4 is 5.48 Å². The quantitative estimate of drug-likeness (QED) is 0.358. The maximum absolute atomic E-state index is 10.7. The van der Waals surface area contributed by atoms with Crippen molar-refractivity contribution in [3.05, 3.63) is 18.1 Å². The third kappa shape index (κ3) is 4.09. The number of methoxy groups -OCH3 is 1. The van der Waals surface area contributed by atoms with E-state index in [2.05, 4.69) is 46.6 Å². The summed E-state index contributed by atoms with van der Waals surface area (Å²) >= 11 is 0. The molecule has 0 aliphatic carbocycles. The average Bonchev–Trinajstić information content (AvgIpc) is 3.20. The number of hydrogen-bond donors (Lipinski definition) is 3. The van der Waals surface area contributed by atoms with Gasteiger partial charge in [0, 0.05) is 13.3 Å². The molecule has 2 aromatic rings. The number of aliphatic hydroxyl groups is 2. The molecule has 3 N–H and O–H groups in total. The molecule has 0 aromatic carbocycles. The molecule has 1 aliphatic rings. The van der Waals surface area contributed by atoms with Crippen LogP contribution in [-0.2, 0) is 14.3 Å². The van der Waals surface area contributed by atoms with E-state index in [-0.39, 0.29) is 6.61 Å². The smallest absolute Gasteiger partial charge is 0.167 e. The normalized spacial score (nSPS) is 26.6. The van der Waals surface area contributed by atoms with Crippen LogP contribution in [0.5, 0.6) is 0 Å². The molecule has 30 heavy (non-hydrogen) atoms. The molecule has 164 valence electrons. The van der Waals surface area contributed by atoms with Gasteiger partial charge in [-0.05, 0) is 13.8 Å². The van der Waals surface area contributed by atoms with Crippen molar-refractivity contribution >= 4 is 24.9 Å². The molecule has 2 unspecified atom stereocenters. The van der Waals surface area contributed by atoms with Crippen LogP contribution in [0.3, 0.4) is 0 Å². The molecule has 0 saturated carbocycles. The lowest BCUT2D eigenvalue weighted by Crippen LogP contribution is -2.46. The summed E-state index contributed by atoms with van der Waals surface area (Å²) in [6, 6.07) is 0. The van der Waals surface area contributed by atoms with Gasteiger partial charge in [0.25, 0.3) is 0 Å². The molecule has 3 heterocycles. The predicted molar refractivity (Wildman–Crippen MR) is 115 cm³/mol. The fourth-order valence-corrected chi connectivity index (χ4v) is 3.94. The van der Waals surface area contributed by atoms with E-state index in [0.29, 0.717) is 23.5 Å². The molecule has 0 bridgehead atoms. The molecule has 0 spiro atoms. The summed E-state index contributed by atoms with van der Waals surface area (Å²) in [6.07, 6.45) is 0.730. The Morgan fingerprint density at radius 3 is 2.70 bits per heavy atom. The summed E-state index contributed by atoms with van der Waals surface area (Å²) in [5, 5.41) is 21.0. The fourth-order valence-electron chi connectivity index (χ4n) is 3.43. The van der Waals surface area contributed by atoms with Gasteiger partial charge in [-0.1, -0.05) is 25.6 Å². The summed E-state index contributed by atoms with van der Waals surface area (Å²) in [5.41, 5.74) is 6.42. The van der Waals surface area contributed by atoms with E-state index < -0.39 is 32.1 Å². The van der Waals surface area contributed by atoms with Crippen molar-refractivity contribution in [2.45, 2.75) is 57.5 Å². The van der Waals surface area contributed by atoms with E-state index >= 15 is 0 Å². The van der Waals surface area contributed by atoms with E-state index in [1.807, 2.05) is 13.1 Å². The molecule has 10 heteroatoms. The van der Waals surface area contributed by atoms with Gasteiger partial charge in [0.05, 0.1) is 24.2 Å². The molecule has 1 saturated heterocycles. The Bertz CT molecular complexity index is 964. The Hall–Kier alpha value is -2.00.